The van der Waals surface area contributed by atoms with Gasteiger partial charge in [-0.05, 0) is 12.1 Å². The molecule has 6 aromatic rings. The number of hydrogen-bond acceptors (Lipinski definition) is 3. The molecule has 30 heavy (non-hydrogen) atoms. The first-order chi connectivity index (χ1) is 14.6. The van der Waals surface area contributed by atoms with Crippen LogP contribution in [-0.4, -0.2) is 41.6 Å². The molecule has 0 spiro atoms. The molecule has 3 aromatic carbocycles. The molecule has 1 aliphatic heterocycles. The number of nitrogens with zero attached hydrogens (tertiary/aromatic N) is 2. The highest BCUT2D eigenvalue weighted by Gasteiger charge is 2.30. The molecular formula is C24H19N3O3. The standard InChI is InChI=1S/C24H19N3O3/c28-17-10-26-15-7-3-1-5-12(15)19-14-9-25-24(30)21(14)20-13-6-2-4-8-16(13)27(11-18(17)29)23(20)22(19)26/h1-9,17-18,25,28-30H,10-11H2. The van der Waals surface area contributed by atoms with E-state index in [0.717, 1.165) is 54.4 Å². The van der Waals surface area contributed by atoms with Gasteiger partial charge in [0.15, 0.2) is 5.88 Å². The van der Waals surface area contributed by atoms with Gasteiger partial charge in [-0.15, -0.1) is 0 Å². The number of nitrogens with one attached hydrogen (secondary N) is 1. The van der Waals surface area contributed by atoms with Crippen molar-refractivity contribution in [3.8, 4) is 5.88 Å². The number of para-hydroxylation sites is 2. The third kappa shape index (κ3) is 1.77. The highest BCUT2D eigenvalue weighted by molar-refractivity contribution is 6.36. The number of aliphatic hydroxyl groups is 2. The molecular weight excluding hydrogens is 378 g/mol. The van der Waals surface area contributed by atoms with Crippen molar-refractivity contribution >= 4 is 54.4 Å². The van der Waals surface area contributed by atoms with E-state index in [4.69, 9.17) is 0 Å². The van der Waals surface area contributed by atoms with Gasteiger partial charge in [-0.3, -0.25) is 0 Å². The molecule has 0 saturated carbocycles. The molecule has 6 nitrogen and oxygen atoms in total. The van der Waals surface area contributed by atoms with Crippen LogP contribution in [0.15, 0.2) is 54.7 Å². The van der Waals surface area contributed by atoms with E-state index in [9.17, 15) is 15.3 Å². The molecule has 1 aliphatic rings. The van der Waals surface area contributed by atoms with Gasteiger partial charge in [-0.25, -0.2) is 0 Å². The maximum absolute atomic E-state index is 10.8. The fourth-order valence-electron chi connectivity index (χ4n) is 5.48. The van der Waals surface area contributed by atoms with Gasteiger partial charge in [0.25, 0.3) is 0 Å². The van der Waals surface area contributed by atoms with Crippen LogP contribution in [0.25, 0.3) is 54.4 Å². The van der Waals surface area contributed by atoms with Crippen molar-refractivity contribution in [1.82, 2.24) is 14.1 Å². The molecule has 3 aromatic heterocycles. The van der Waals surface area contributed by atoms with E-state index in [2.05, 4.69) is 26.3 Å². The van der Waals surface area contributed by atoms with Crippen LogP contribution in [0.3, 0.4) is 0 Å². The molecule has 4 heterocycles. The first-order valence-corrected chi connectivity index (χ1v) is 10.1. The van der Waals surface area contributed by atoms with Crippen LogP contribution in [0.1, 0.15) is 0 Å². The van der Waals surface area contributed by atoms with Gasteiger partial charge in [0.05, 0.1) is 41.7 Å². The molecule has 0 saturated heterocycles. The van der Waals surface area contributed by atoms with Crippen molar-refractivity contribution in [3.05, 3.63) is 54.7 Å². The quantitative estimate of drug-likeness (QED) is 0.314. The molecule has 0 amide bonds. The summed E-state index contributed by atoms with van der Waals surface area (Å²) in [5.74, 6) is 0.147. The van der Waals surface area contributed by atoms with Crippen LogP contribution in [0, 0.1) is 0 Å². The summed E-state index contributed by atoms with van der Waals surface area (Å²) in [5.41, 5.74) is 3.99. The lowest BCUT2D eigenvalue weighted by Crippen LogP contribution is -2.35. The fourth-order valence-corrected chi connectivity index (χ4v) is 5.48. The van der Waals surface area contributed by atoms with Gasteiger partial charge in [0, 0.05) is 44.2 Å². The van der Waals surface area contributed by atoms with E-state index in [1.165, 1.54) is 0 Å². The SMILES string of the molecule is Oc1[nH]cc2c1c1c3ccccc3n3c1c1c2c2ccccc2n1CC(O)C(O)C3. The summed E-state index contributed by atoms with van der Waals surface area (Å²) < 4.78 is 4.22. The molecule has 0 bridgehead atoms. The van der Waals surface area contributed by atoms with E-state index in [-0.39, 0.29) is 5.88 Å². The Morgan fingerprint density at radius 1 is 0.700 bits per heavy atom. The lowest BCUT2D eigenvalue weighted by atomic mass is 10.0. The van der Waals surface area contributed by atoms with Crippen molar-refractivity contribution in [3.63, 3.8) is 0 Å². The first kappa shape index (κ1) is 16.3. The van der Waals surface area contributed by atoms with Crippen LogP contribution >= 0.6 is 0 Å². The number of benzene rings is 3. The van der Waals surface area contributed by atoms with E-state index in [1.807, 2.05) is 42.6 Å². The Hall–Kier alpha value is -3.48. The number of aliphatic hydroxyl groups excluding tert-OH is 2. The fraction of sp³-hybridized carbons (Fsp3) is 0.167. The second-order valence-electron chi connectivity index (χ2n) is 8.26. The lowest BCUT2D eigenvalue weighted by molar-refractivity contribution is 0.00168. The average molecular weight is 397 g/mol. The Balaban J connectivity index is 1.92. The molecule has 0 aliphatic carbocycles. The van der Waals surface area contributed by atoms with Crippen LogP contribution < -0.4 is 0 Å². The molecule has 148 valence electrons. The molecule has 7 rings (SSSR count). The molecule has 6 heteroatoms. The van der Waals surface area contributed by atoms with Crippen LogP contribution in [0.5, 0.6) is 5.88 Å². The Kier molecular flexibility index (Phi) is 2.92. The van der Waals surface area contributed by atoms with Crippen LogP contribution in [-0.2, 0) is 13.1 Å². The minimum absolute atomic E-state index is 0.147. The van der Waals surface area contributed by atoms with Gasteiger partial charge in [0.2, 0.25) is 0 Å². The predicted octanol–water partition coefficient (Wildman–Crippen LogP) is 3.82. The average Bonchev–Trinajstić information content (AvgIpc) is 3.39. The molecule has 0 fully saturated rings. The summed E-state index contributed by atoms with van der Waals surface area (Å²) in [5, 5.41) is 38.2. The number of aromatic nitrogens is 3. The maximum Gasteiger partial charge on any atom is 0.197 e. The topological polar surface area (TPSA) is 86.3 Å². The minimum atomic E-state index is -0.899. The third-order valence-corrected chi connectivity index (χ3v) is 6.73. The second kappa shape index (κ2) is 5.36. The zero-order chi connectivity index (χ0) is 20.1. The van der Waals surface area contributed by atoms with Gasteiger partial charge < -0.3 is 29.4 Å². The van der Waals surface area contributed by atoms with Crippen LogP contribution in [0.2, 0.25) is 0 Å². The summed E-state index contributed by atoms with van der Waals surface area (Å²) in [6.07, 6.45) is 0.0828. The van der Waals surface area contributed by atoms with Crippen molar-refractivity contribution in [2.75, 3.05) is 0 Å². The van der Waals surface area contributed by atoms with Gasteiger partial charge >= 0.3 is 0 Å². The first-order valence-electron chi connectivity index (χ1n) is 10.1. The van der Waals surface area contributed by atoms with E-state index < -0.39 is 12.2 Å². The second-order valence-corrected chi connectivity index (χ2v) is 8.26. The number of fused-ring (bicyclic) bond motifs is 9. The smallest absolute Gasteiger partial charge is 0.197 e. The summed E-state index contributed by atoms with van der Waals surface area (Å²) in [6, 6.07) is 16.2. The highest BCUT2D eigenvalue weighted by Crippen LogP contribution is 2.47. The Morgan fingerprint density at radius 3 is 1.87 bits per heavy atom. The lowest BCUT2D eigenvalue weighted by Gasteiger charge is -2.24. The van der Waals surface area contributed by atoms with Crippen LogP contribution in [0.4, 0.5) is 0 Å². The maximum atomic E-state index is 10.8. The van der Waals surface area contributed by atoms with E-state index in [0.29, 0.717) is 13.1 Å². The highest BCUT2D eigenvalue weighted by atomic mass is 16.3. The monoisotopic (exact) mass is 397 g/mol. The zero-order valence-corrected chi connectivity index (χ0v) is 16.0. The van der Waals surface area contributed by atoms with Crippen molar-refractivity contribution in [1.29, 1.82) is 0 Å². The number of H-pyrrole nitrogens is 1. The zero-order valence-electron chi connectivity index (χ0n) is 16.0. The van der Waals surface area contributed by atoms with Gasteiger partial charge in [-0.1, -0.05) is 36.4 Å². The van der Waals surface area contributed by atoms with E-state index in [1.54, 1.807) is 0 Å². The summed E-state index contributed by atoms with van der Waals surface area (Å²) >= 11 is 0. The molecule has 0 radical (unpaired) electrons. The van der Waals surface area contributed by atoms with E-state index >= 15 is 0 Å². The Morgan fingerprint density at radius 2 is 1.23 bits per heavy atom. The summed E-state index contributed by atoms with van der Waals surface area (Å²) in [4.78, 5) is 3.02. The van der Waals surface area contributed by atoms with Gasteiger partial charge in [0.1, 0.15) is 0 Å². The van der Waals surface area contributed by atoms with Crippen molar-refractivity contribution in [2.24, 2.45) is 0 Å². The number of aromatic amines is 1. The Bertz CT molecular complexity index is 1650. The number of rotatable bonds is 0. The number of aromatic hydroxyl groups is 1. The summed E-state index contributed by atoms with van der Waals surface area (Å²) in [6.45, 7) is 0.599. The van der Waals surface area contributed by atoms with Crippen molar-refractivity contribution < 1.29 is 15.3 Å². The molecule has 2 atom stereocenters. The molecule has 4 N–H and O–H groups in total. The predicted molar refractivity (Wildman–Crippen MR) is 118 cm³/mol. The molecule has 2 unspecified atom stereocenters. The normalized spacial score (nSPS) is 19.5. The third-order valence-electron chi connectivity index (χ3n) is 6.73. The number of hydrogen-bond donors (Lipinski definition) is 4. The van der Waals surface area contributed by atoms with Crippen molar-refractivity contribution in [2.45, 2.75) is 25.3 Å². The summed E-state index contributed by atoms with van der Waals surface area (Å²) in [7, 11) is 0. The van der Waals surface area contributed by atoms with Gasteiger partial charge in [-0.2, -0.15) is 0 Å². The Labute approximate surface area is 170 Å². The minimum Gasteiger partial charge on any atom is -0.494 e. The largest absolute Gasteiger partial charge is 0.494 e.